The minimum Gasteiger partial charge on any atom is -0.434 e. The van der Waals surface area contributed by atoms with Crippen LogP contribution in [0.25, 0.3) is 6.08 Å². The topological polar surface area (TPSA) is 26.3 Å². The number of ether oxygens (including phenoxy) is 1. The summed E-state index contributed by atoms with van der Waals surface area (Å²) in [7, 11) is 0. The van der Waals surface area contributed by atoms with Gasteiger partial charge in [-0.3, -0.25) is 4.79 Å². The molecule has 0 atom stereocenters. The molecule has 0 aromatic heterocycles. The molecule has 1 rings (SSSR count). The maximum Gasteiger partial charge on any atom is 0.316 e. The van der Waals surface area contributed by atoms with E-state index in [1.165, 1.54) is 6.26 Å². The number of carbonyl (C=O) groups excluding carboxylic acids is 1. The summed E-state index contributed by atoms with van der Waals surface area (Å²) in [5.41, 5.74) is 0.603. The van der Waals surface area contributed by atoms with Crippen molar-refractivity contribution < 1.29 is 9.53 Å². The van der Waals surface area contributed by atoms with Crippen molar-refractivity contribution in [2.24, 2.45) is 5.41 Å². The molecule has 0 aliphatic heterocycles. The highest BCUT2D eigenvalue weighted by atomic mass is 16.5. The second-order valence-corrected chi connectivity index (χ2v) is 4.36. The van der Waals surface area contributed by atoms with E-state index in [9.17, 15) is 4.79 Å². The molecular weight excluding hydrogens is 200 g/mol. The molecule has 0 radical (unpaired) electrons. The number of benzene rings is 1. The molecule has 0 bridgehead atoms. The summed E-state index contributed by atoms with van der Waals surface area (Å²) < 4.78 is 5.08. The fraction of sp³-hybridized carbons (Fsp3) is 0.357. The summed E-state index contributed by atoms with van der Waals surface area (Å²) in [6, 6.07) is 9.74. The highest BCUT2D eigenvalue weighted by Gasteiger charge is 2.26. The predicted octanol–water partition coefficient (Wildman–Crippen LogP) is 3.64. The minimum absolute atomic E-state index is 0.192. The van der Waals surface area contributed by atoms with E-state index in [4.69, 9.17) is 4.74 Å². The average Bonchev–Trinajstić information content (AvgIpc) is 2.30. The molecule has 0 saturated heterocycles. The van der Waals surface area contributed by atoms with Crippen LogP contribution in [0.15, 0.2) is 36.6 Å². The molecule has 0 aliphatic rings. The summed E-state index contributed by atoms with van der Waals surface area (Å²) in [6.07, 6.45) is 4.00. The van der Waals surface area contributed by atoms with Gasteiger partial charge in [-0.25, -0.2) is 0 Å². The van der Waals surface area contributed by atoms with Crippen molar-refractivity contribution in [3.63, 3.8) is 0 Å². The maximum atomic E-state index is 11.6. The number of hydrogen-bond acceptors (Lipinski definition) is 2. The second kappa shape index (κ2) is 5.50. The summed E-state index contributed by atoms with van der Waals surface area (Å²) in [5.74, 6) is -0.192. The molecule has 2 heteroatoms. The van der Waals surface area contributed by atoms with E-state index in [0.29, 0.717) is 0 Å². The molecule has 1 aromatic carbocycles. The van der Waals surface area contributed by atoms with E-state index in [0.717, 1.165) is 12.0 Å². The van der Waals surface area contributed by atoms with Crippen LogP contribution in [0.5, 0.6) is 0 Å². The first-order chi connectivity index (χ1) is 7.56. The van der Waals surface area contributed by atoms with Crippen LogP contribution in [0.1, 0.15) is 32.8 Å². The van der Waals surface area contributed by atoms with Gasteiger partial charge in [0.05, 0.1) is 11.7 Å². The molecule has 1 aromatic rings. The normalized spacial score (nSPS) is 11.7. The zero-order chi connectivity index (χ0) is 12.0. The first kappa shape index (κ1) is 12.5. The van der Waals surface area contributed by atoms with E-state index in [-0.39, 0.29) is 5.97 Å². The lowest BCUT2D eigenvalue weighted by molar-refractivity contribution is -0.147. The first-order valence-corrected chi connectivity index (χ1v) is 5.49. The largest absolute Gasteiger partial charge is 0.434 e. The van der Waals surface area contributed by atoms with Gasteiger partial charge >= 0.3 is 5.97 Å². The smallest absolute Gasteiger partial charge is 0.316 e. The highest BCUT2D eigenvalue weighted by molar-refractivity contribution is 5.76. The van der Waals surface area contributed by atoms with Crippen molar-refractivity contribution in [3.05, 3.63) is 42.2 Å². The van der Waals surface area contributed by atoms with Crippen molar-refractivity contribution in [3.8, 4) is 0 Å². The molecule has 0 amide bonds. The van der Waals surface area contributed by atoms with Crippen LogP contribution < -0.4 is 0 Å². The van der Waals surface area contributed by atoms with Crippen molar-refractivity contribution in [2.75, 3.05) is 0 Å². The van der Waals surface area contributed by atoms with Crippen molar-refractivity contribution in [1.29, 1.82) is 0 Å². The van der Waals surface area contributed by atoms with E-state index in [1.54, 1.807) is 6.08 Å². The Labute approximate surface area is 96.9 Å². The Hall–Kier alpha value is -1.57. The number of rotatable bonds is 4. The van der Waals surface area contributed by atoms with Crippen molar-refractivity contribution >= 4 is 12.0 Å². The zero-order valence-electron chi connectivity index (χ0n) is 10.1. The first-order valence-electron chi connectivity index (χ1n) is 5.49. The van der Waals surface area contributed by atoms with Crippen LogP contribution in [0.2, 0.25) is 0 Å². The van der Waals surface area contributed by atoms with E-state index in [2.05, 4.69) is 0 Å². The molecule has 0 heterocycles. The number of hydrogen-bond donors (Lipinski definition) is 0. The van der Waals surface area contributed by atoms with E-state index in [1.807, 2.05) is 51.1 Å². The molecule has 0 unspecified atom stereocenters. The average molecular weight is 218 g/mol. The molecular formula is C14H18O2. The quantitative estimate of drug-likeness (QED) is 0.569. The van der Waals surface area contributed by atoms with Gasteiger partial charge in [-0.1, -0.05) is 37.3 Å². The lowest BCUT2D eigenvalue weighted by Gasteiger charge is -2.18. The Morgan fingerprint density at radius 3 is 2.50 bits per heavy atom. The standard InChI is InChI=1S/C14H18O2/c1-4-14(2,3)13(15)16-11-10-12-8-6-5-7-9-12/h5-11H,4H2,1-3H3. The minimum atomic E-state index is -0.416. The van der Waals surface area contributed by atoms with Gasteiger partial charge in [-0.05, 0) is 31.9 Å². The molecule has 0 aliphatic carbocycles. The van der Waals surface area contributed by atoms with Crippen LogP contribution in [0, 0.1) is 5.41 Å². The number of carbonyl (C=O) groups is 1. The van der Waals surface area contributed by atoms with Crippen LogP contribution in [0.4, 0.5) is 0 Å². The molecule has 86 valence electrons. The second-order valence-electron chi connectivity index (χ2n) is 4.36. The van der Waals surface area contributed by atoms with E-state index >= 15 is 0 Å². The Bertz CT molecular complexity index is 364. The molecule has 0 fully saturated rings. The molecule has 2 nitrogen and oxygen atoms in total. The Balaban J connectivity index is 2.53. The Morgan fingerprint density at radius 2 is 1.94 bits per heavy atom. The van der Waals surface area contributed by atoms with Gasteiger partial charge in [0.25, 0.3) is 0 Å². The Morgan fingerprint density at radius 1 is 1.31 bits per heavy atom. The van der Waals surface area contributed by atoms with Crippen molar-refractivity contribution in [1.82, 2.24) is 0 Å². The van der Waals surface area contributed by atoms with Gasteiger partial charge in [0.1, 0.15) is 0 Å². The summed E-state index contributed by atoms with van der Waals surface area (Å²) in [6.45, 7) is 5.74. The number of esters is 1. The Kier molecular flexibility index (Phi) is 4.29. The molecule has 0 N–H and O–H groups in total. The maximum absolute atomic E-state index is 11.6. The summed E-state index contributed by atoms with van der Waals surface area (Å²) in [5, 5.41) is 0. The van der Waals surface area contributed by atoms with Crippen LogP contribution in [0.3, 0.4) is 0 Å². The SMILES string of the molecule is CCC(C)(C)C(=O)OC=Cc1ccccc1. The zero-order valence-corrected chi connectivity index (χ0v) is 10.1. The molecule has 0 saturated carbocycles. The van der Waals surface area contributed by atoms with Gasteiger partial charge in [-0.2, -0.15) is 0 Å². The molecule has 16 heavy (non-hydrogen) atoms. The van der Waals surface area contributed by atoms with Gasteiger partial charge in [0.2, 0.25) is 0 Å². The fourth-order valence-corrected chi connectivity index (χ4v) is 1.04. The molecule has 0 spiro atoms. The third-order valence-electron chi connectivity index (χ3n) is 2.67. The third-order valence-corrected chi connectivity index (χ3v) is 2.67. The van der Waals surface area contributed by atoms with Gasteiger partial charge in [-0.15, -0.1) is 0 Å². The van der Waals surface area contributed by atoms with Crippen LogP contribution in [-0.4, -0.2) is 5.97 Å². The van der Waals surface area contributed by atoms with Gasteiger partial charge < -0.3 is 4.74 Å². The van der Waals surface area contributed by atoms with E-state index < -0.39 is 5.41 Å². The van der Waals surface area contributed by atoms with Crippen LogP contribution >= 0.6 is 0 Å². The summed E-state index contributed by atoms with van der Waals surface area (Å²) in [4.78, 5) is 11.6. The van der Waals surface area contributed by atoms with Crippen LogP contribution in [-0.2, 0) is 9.53 Å². The predicted molar refractivity (Wildman–Crippen MR) is 65.6 cm³/mol. The van der Waals surface area contributed by atoms with Gasteiger partial charge in [0.15, 0.2) is 0 Å². The highest BCUT2D eigenvalue weighted by Crippen LogP contribution is 2.21. The van der Waals surface area contributed by atoms with Crippen molar-refractivity contribution in [2.45, 2.75) is 27.2 Å². The monoisotopic (exact) mass is 218 g/mol. The summed E-state index contributed by atoms with van der Waals surface area (Å²) >= 11 is 0. The lowest BCUT2D eigenvalue weighted by atomic mass is 9.91. The third kappa shape index (κ3) is 3.54. The van der Waals surface area contributed by atoms with Gasteiger partial charge in [0, 0.05) is 0 Å². The fourth-order valence-electron chi connectivity index (χ4n) is 1.04. The lowest BCUT2D eigenvalue weighted by Crippen LogP contribution is -2.23.